The Morgan fingerprint density at radius 1 is 1.07 bits per heavy atom. The molecule has 1 amide bonds. The lowest BCUT2D eigenvalue weighted by atomic mass is 9.96. The maximum atomic E-state index is 13.4. The zero-order valence-electron chi connectivity index (χ0n) is 16.3. The second-order valence-corrected chi connectivity index (χ2v) is 7.69. The Labute approximate surface area is 164 Å². The molecule has 144 valence electrons. The van der Waals surface area contributed by atoms with Gasteiger partial charge in [0, 0.05) is 23.7 Å². The summed E-state index contributed by atoms with van der Waals surface area (Å²) in [6, 6.07) is 15.5. The van der Waals surface area contributed by atoms with E-state index in [4.69, 9.17) is 0 Å². The molecular formula is C23H25N3O2. The maximum absolute atomic E-state index is 13.4. The molecular weight excluding hydrogens is 350 g/mol. The van der Waals surface area contributed by atoms with Crippen molar-refractivity contribution in [2.45, 2.75) is 51.7 Å². The summed E-state index contributed by atoms with van der Waals surface area (Å²) in [5, 5.41) is 0.804. The van der Waals surface area contributed by atoms with E-state index in [-0.39, 0.29) is 29.1 Å². The van der Waals surface area contributed by atoms with Gasteiger partial charge in [0.25, 0.3) is 11.5 Å². The number of carbonyl (C=O) groups is 1. The van der Waals surface area contributed by atoms with Gasteiger partial charge >= 0.3 is 0 Å². The maximum Gasteiger partial charge on any atom is 0.265 e. The Morgan fingerprint density at radius 2 is 1.79 bits per heavy atom. The number of likely N-dealkylation sites (tertiary alicyclic amines) is 1. The van der Waals surface area contributed by atoms with Gasteiger partial charge in [-0.15, -0.1) is 0 Å². The first-order valence-corrected chi connectivity index (χ1v) is 9.91. The van der Waals surface area contributed by atoms with Crippen molar-refractivity contribution in [3.8, 4) is 0 Å². The van der Waals surface area contributed by atoms with Crippen molar-refractivity contribution in [3.63, 3.8) is 0 Å². The summed E-state index contributed by atoms with van der Waals surface area (Å²) >= 11 is 0. The van der Waals surface area contributed by atoms with Crippen molar-refractivity contribution >= 4 is 16.9 Å². The molecule has 4 rings (SSSR count). The first-order chi connectivity index (χ1) is 13.6. The number of aromatic nitrogens is 2. The summed E-state index contributed by atoms with van der Waals surface area (Å²) < 4.78 is 1.62. The van der Waals surface area contributed by atoms with Crippen LogP contribution in [0.25, 0.3) is 11.0 Å². The standard InChI is InChI=1S/C23H25N3O2/c1-16-8-6-9-17(2)26(16)23(28)20-14-19-12-7-13-24-21(19)25(22(20)27)15-18-10-4-3-5-11-18/h3-5,7,10-14,16-17H,6,8-9,15H2,1-2H3/t16-,17+. The van der Waals surface area contributed by atoms with Crippen molar-refractivity contribution in [2.75, 3.05) is 0 Å². The predicted octanol–water partition coefficient (Wildman–Crippen LogP) is 3.85. The predicted molar refractivity (Wildman–Crippen MR) is 110 cm³/mol. The molecule has 0 radical (unpaired) electrons. The molecule has 1 aromatic carbocycles. The van der Waals surface area contributed by atoms with Gasteiger partial charge in [0.1, 0.15) is 11.2 Å². The summed E-state index contributed by atoms with van der Waals surface area (Å²) in [5.74, 6) is -0.169. The summed E-state index contributed by atoms with van der Waals surface area (Å²) in [4.78, 5) is 33.0. The van der Waals surface area contributed by atoms with Crippen molar-refractivity contribution in [2.24, 2.45) is 0 Å². The van der Waals surface area contributed by atoms with Crippen molar-refractivity contribution in [1.82, 2.24) is 14.5 Å². The molecule has 3 heterocycles. The van der Waals surface area contributed by atoms with Gasteiger partial charge in [0.2, 0.25) is 0 Å². The van der Waals surface area contributed by atoms with E-state index in [1.54, 1.807) is 16.8 Å². The largest absolute Gasteiger partial charge is 0.333 e. The van der Waals surface area contributed by atoms with Crippen LogP contribution in [-0.4, -0.2) is 32.4 Å². The normalized spacial score (nSPS) is 19.7. The second kappa shape index (κ2) is 7.58. The number of nitrogens with zero attached hydrogens (tertiary/aromatic N) is 3. The highest BCUT2D eigenvalue weighted by Crippen LogP contribution is 2.24. The molecule has 5 nitrogen and oxygen atoms in total. The lowest BCUT2D eigenvalue weighted by Crippen LogP contribution is -2.49. The third-order valence-electron chi connectivity index (χ3n) is 5.69. The van der Waals surface area contributed by atoms with E-state index in [0.29, 0.717) is 12.2 Å². The third kappa shape index (κ3) is 3.33. The molecule has 1 fully saturated rings. The zero-order valence-corrected chi connectivity index (χ0v) is 16.3. The van der Waals surface area contributed by atoms with Gasteiger partial charge in [-0.2, -0.15) is 0 Å². The van der Waals surface area contributed by atoms with Crippen molar-refractivity contribution in [3.05, 3.63) is 76.2 Å². The van der Waals surface area contributed by atoms with Crippen LogP contribution in [0.5, 0.6) is 0 Å². The summed E-state index contributed by atoms with van der Waals surface area (Å²) in [7, 11) is 0. The number of rotatable bonds is 3. The fourth-order valence-electron chi connectivity index (χ4n) is 4.23. The quantitative estimate of drug-likeness (QED) is 0.699. The SMILES string of the molecule is C[C@@H]1CCC[C@H](C)N1C(=O)c1cc2cccnc2n(Cc2ccccc2)c1=O. The monoisotopic (exact) mass is 375 g/mol. The number of benzene rings is 1. The van der Waals surface area contributed by atoms with Gasteiger partial charge in [0.05, 0.1) is 6.54 Å². The molecule has 0 aliphatic carbocycles. The molecule has 0 saturated carbocycles. The number of piperidine rings is 1. The third-order valence-corrected chi connectivity index (χ3v) is 5.69. The fraction of sp³-hybridized carbons (Fsp3) is 0.348. The molecule has 0 bridgehead atoms. The van der Waals surface area contributed by atoms with Gasteiger partial charge in [-0.05, 0) is 56.9 Å². The number of fused-ring (bicyclic) bond motifs is 1. The van der Waals surface area contributed by atoms with Gasteiger partial charge in [0.15, 0.2) is 0 Å². The molecule has 0 unspecified atom stereocenters. The highest BCUT2D eigenvalue weighted by molar-refractivity contribution is 5.97. The van der Waals surface area contributed by atoms with Gasteiger partial charge in [-0.3, -0.25) is 14.2 Å². The summed E-state index contributed by atoms with van der Waals surface area (Å²) in [5.41, 5.74) is 1.57. The van der Waals surface area contributed by atoms with Crippen LogP contribution < -0.4 is 5.56 Å². The summed E-state index contributed by atoms with van der Waals surface area (Å²) in [6.45, 7) is 4.52. The molecule has 2 aromatic heterocycles. The number of hydrogen-bond donors (Lipinski definition) is 0. The smallest absolute Gasteiger partial charge is 0.265 e. The number of hydrogen-bond acceptors (Lipinski definition) is 3. The lowest BCUT2D eigenvalue weighted by molar-refractivity contribution is 0.0508. The average molecular weight is 375 g/mol. The first-order valence-electron chi connectivity index (χ1n) is 9.91. The minimum atomic E-state index is -0.273. The van der Waals surface area contributed by atoms with Crippen molar-refractivity contribution in [1.29, 1.82) is 0 Å². The highest BCUT2D eigenvalue weighted by atomic mass is 16.2. The summed E-state index contributed by atoms with van der Waals surface area (Å²) in [6.07, 6.45) is 4.75. The topological polar surface area (TPSA) is 55.2 Å². The van der Waals surface area contributed by atoms with E-state index in [1.807, 2.05) is 47.4 Å². The molecule has 1 saturated heterocycles. The molecule has 5 heteroatoms. The van der Waals surface area contributed by atoms with Crippen LogP contribution in [0.4, 0.5) is 0 Å². The first kappa shape index (κ1) is 18.4. The Bertz CT molecular complexity index is 1050. The minimum absolute atomic E-state index is 0.141. The van der Waals surface area contributed by atoms with E-state index >= 15 is 0 Å². The fourth-order valence-corrected chi connectivity index (χ4v) is 4.23. The van der Waals surface area contributed by atoms with E-state index in [2.05, 4.69) is 18.8 Å². The van der Waals surface area contributed by atoms with E-state index in [1.165, 1.54) is 0 Å². The van der Waals surface area contributed by atoms with E-state index in [0.717, 1.165) is 30.2 Å². The number of pyridine rings is 2. The number of carbonyl (C=O) groups excluding carboxylic acids is 1. The van der Waals surface area contributed by atoms with Crippen LogP contribution in [0.2, 0.25) is 0 Å². The molecule has 3 aromatic rings. The van der Waals surface area contributed by atoms with Crippen LogP contribution >= 0.6 is 0 Å². The Morgan fingerprint density at radius 3 is 2.50 bits per heavy atom. The number of amides is 1. The second-order valence-electron chi connectivity index (χ2n) is 7.69. The van der Waals surface area contributed by atoms with Crippen LogP contribution in [0, 0.1) is 0 Å². The van der Waals surface area contributed by atoms with Crippen LogP contribution in [0.15, 0.2) is 59.5 Å². The van der Waals surface area contributed by atoms with Gasteiger partial charge in [-0.1, -0.05) is 30.3 Å². The molecule has 2 atom stereocenters. The molecule has 0 spiro atoms. The average Bonchev–Trinajstić information content (AvgIpc) is 2.70. The Hall–Kier alpha value is -2.95. The molecule has 1 aliphatic heterocycles. The molecule has 0 N–H and O–H groups in total. The Kier molecular flexibility index (Phi) is 4.99. The van der Waals surface area contributed by atoms with Crippen molar-refractivity contribution < 1.29 is 4.79 Å². The van der Waals surface area contributed by atoms with Crippen LogP contribution in [0.3, 0.4) is 0 Å². The zero-order chi connectivity index (χ0) is 19.7. The van der Waals surface area contributed by atoms with Crippen LogP contribution in [-0.2, 0) is 6.54 Å². The Balaban J connectivity index is 1.84. The molecule has 1 aliphatic rings. The minimum Gasteiger partial charge on any atom is -0.333 e. The van der Waals surface area contributed by atoms with E-state index < -0.39 is 0 Å². The lowest BCUT2D eigenvalue weighted by Gasteiger charge is -2.39. The van der Waals surface area contributed by atoms with Crippen LogP contribution in [0.1, 0.15) is 49.0 Å². The van der Waals surface area contributed by atoms with Gasteiger partial charge in [-0.25, -0.2) is 4.98 Å². The molecule has 28 heavy (non-hydrogen) atoms. The van der Waals surface area contributed by atoms with E-state index in [9.17, 15) is 9.59 Å². The highest BCUT2D eigenvalue weighted by Gasteiger charge is 2.31. The van der Waals surface area contributed by atoms with Gasteiger partial charge < -0.3 is 4.90 Å².